The molecule has 1 fully saturated rings. The van der Waals surface area contributed by atoms with E-state index in [1.165, 1.54) is 5.56 Å². The second-order valence-electron chi connectivity index (χ2n) is 7.29. The van der Waals surface area contributed by atoms with Gasteiger partial charge in [0.2, 0.25) is 5.91 Å². The van der Waals surface area contributed by atoms with Gasteiger partial charge in [0.25, 0.3) is 5.91 Å². The van der Waals surface area contributed by atoms with Gasteiger partial charge in [0.05, 0.1) is 19.3 Å². The summed E-state index contributed by atoms with van der Waals surface area (Å²) in [6.07, 6.45) is 0.975. The van der Waals surface area contributed by atoms with Crippen molar-refractivity contribution in [3.05, 3.63) is 59.7 Å². The molecule has 0 aliphatic carbocycles. The minimum absolute atomic E-state index is 0.00915. The monoisotopic (exact) mass is 379 g/mol. The number of carbonyl (C=O) groups is 2. The molecule has 2 aliphatic rings. The van der Waals surface area contributed by atoms with Gasteiger partial charge in [-0.1, -0.05) is 18.2 Å². The molecule has 6 nitrogen and oxygen atoms in total. The number of hydrogen-bond donors (Lipinski definition) is 1. The summed E-state index contributed by atoms with van der Waals surface area (Å²) < 4.78 is 5.47. The number of nitrogens with zero attached hydrogens (tertiary/aromatic N) is 2. The molecular formula is C22H25N3O3. The Balaban J connectivity index is 1.35. The molecule has 1 atom stereocenters. The summed E-state index contributed by atoms with van der Waals surface area (Å²) in [4.78, 5) is 28.8. The Bertz CT molecular complexity index is 866. The molecule has 1 saturated heterocycles. The fraction of sp³-hybridized carbons (Fsp3) is 0.364. The number of hydrogen-bond acceptors (Lipinski definition) is 4. The average Bonchev–Trinajstić information content (AvgIpc) is 3.16. The van der Waals surface area contributed by atoms with Crippen LogP contribution in [0.25, 0.3) is 0 Å². The molecule has 1 N–H and O–H groups in total. The van der Waals surface area contributed by atoms with E-state index < -0.39 is 0 Å². The second-order valence-corrected chi connectivity index (χ2v) is 7.29. The second kappa shape index (κ2) is 8.02. The van der Waals surface area contributed by atoms with Crippen molar-refractivity contribution in [3.8, 4) is 0 Å². The van der Waals surface area contributed by atoms with Crippen molar-refractivity contribution >= 4 is 23.2 Å². The summed E-state index contributed by atoms with van der Waals surface area (Å²) in [7, 11) is 0. The number of benzene rings is 2. The van der Waals surface area contributed by atoms with Crippen molar-refractivity contribution in [2.75, 3.05) is 43.0 Å². The molecule has 0 radical (unpaired) electrons. The van der Waals surface area contributed by atoms with Crippen LogP contribution in [0.5, 0.6) is 0 Å². The van der Waals surface area contributed by atoms with E-state index in [-0.39, 0.29) is 24.5 Å². The normalized spacial score (nSPS) is 18.7. The molecule has 2 heterocycles. The Morgan fingerprint density at radius 3 is 2.68 bits per heavy atom. The number of anilines is 2. The SMILES string of the molecule is CC1CN(C(=O)CNc2ccc(C(=O)N3CCc4ccccc43)cc2)CCO1. The van der Waals surface area contributed by atoms with Gasteiger partial charge in [0.15, 0.2) is 0 Å². The minimum atomic E-state index is 0.00915. The van der Waals surface area contributed by atoms with Crippen molar-refractivity contribution < 1.29 is 14.3 Å². The zero-order valence-corrected chi connectivity index (χ0v) is 16.1. The fourth-order valence-corrected chi connectivity index (χ4v) is 3.77. The van der Waals surface area contributed by atoms with Crippen LogP contribution in [-0.4, -0.2) is 55.6 Å². The van der Waals surface area contributed by atoms with Gasteiger partial charge in [-0.25, -0.2) is 0 Å². The van der Waals surface area contributed by atoms with Crippen molar-refractivity contribution in [3.63, 3.8) is 0 Å². The third kappa shape index (κ3) is 3.87. The zero-order chi connectivity index (χ0) is 19.5. The Labute approximate surface area is 165 Å². The number of carbonyl (C=O) groups excluding carboxylic acids is 2. The lowest BCUT2D eigenvalue weighted by Crippen LogP contribution is -2.46. The highest BCUT2D eigenvalue weighted by Gasteiger charge is 2.25. The highest BCUT2D eigenvalue weighted by atomic mass is 16.5. The number of para-hydroxylation sites is 1. The van der Waals surface area contributed by atoms with E-state index in [0.717, 1.165) is 17.8 Å². The van der Waals surface area contributed by atoms with Gasteiger partial charge < -0.3 is 19.9 Å². The maximum Gasteiger partial charge on any atom is 0.258 e. The largest absolute Gasteiger partial charge is 0.376 e. The minimum Gasteiger partial charge on any atom is -0.376 e. The van der Waals surface area contributed by atoms with Gasteiger partial charge in [-0.15, -0.1) is 0 Å². The fourth-order valence-electron chi connectivity index (χ4n) is 3.77. The quantitative estimate of drug-likeness (QED) is 0.887. The molecule has 4 rings (SSSR count). The maximum atomic E-state index is 12.9. The van der Waals surface area contributed by atoms with Crippen LogP contribution in [0.3, 0.4) is 0 Å². The molecule has 2 aromatic rings. The van der Waals surface area contributed by atoms with Gasteiger partial charge >= 0.3 is 0 Å². The van der Waals surface area contributed by atoms with Crippen LogP contribution in [-0.2, 0) is 16.0 Å². The molecule has 28 heavy (non-hydrogen) atoms. The summed E-state index contributed by atoms with van der Waals surface area (Å²) in [5, 5.41) is 3.15. The molecule has 146 valence electrons. The first kappa shape index (κ1) is 18.5. The molecule has 2 aliphatic heterocycles. The first-order valence-corrected chi connectivity index (χ1v) is 9.75. The Kier molecular flexibility index (Phi) is 5.30. The highest BCUT2D eigenvalue weighted by Crippen LogP contribution is 2.29. The standard InChI is InChI=1S/C22H25N3O3/c1-16-15-24(12-13-28-16)21(26)14-23-19-8-6-18(7-9-19)22(27)25-11-10-17-4-2-3-5-20(17)25/h2-9,16,23H,10-15H2,1H3. The van der Waals surface area contributed by atoms with Crippen molar-refractivity contribution in [1.29, 1.82) is 0 Å². The summed E-state index contributed by atoms with van der Waals surface area (Å²) in [5.41, 5.74) is 3.69. The van der Waals surface area contributed by atoms with E-state index in [2.05, 4.69) is 11.4 Å². The number of morpholine rings is 1. The molecule has 0 aromatic heterocycles. The predicted molar refractivity (Wildman–Crippen MR) is 109 cm³/mol. The Hall–Kier alpha value is -2.86. The smallest absolute Gasteiger partial charge is 0.258 e. The van der Waals surface area contributed by atoms with E-state index in [9.17, 15) is 9.59 Å². The molecule has 6 heteroatoms. The van der Waals surface area contributed by atoms with Crippen molar-refractivity contribution in [2.24, 2.45) is 0 Å². The lowest BCUT2D eigenvalue weighted by atomic mass is 10.1. The van der Waals surface area contributed by atoms with Crippen LogP contribution < -0.4 is 10.2 Å². The van der Waals surface area contributed by atoms with Crippen LogP contribution in [0.15, 0.2) is 48.5 Å². The third-order valence-electron chi connectivity index (χ3n) is 5.30. The summed E-state index contributed by atoms with van der Waals surface area (Å²) in [6, 6.07) is 15.4. The Morgan fingerprint density at radius 2 is 1.89 bits per heavy atom. The predicted octanol–water partition coefficient (Wildman–Crippen LogP) is 2.55. The van der Waals surface area contributed by atoms with Crippen LogP contribution in [0.2, 0.25) is 0 Å². The maximum absolute atomic E-state index is 12.9. The number of nitrogens with one attached hydrogen (secondary N) is 1. The lowest BCUT2D eigenvalue weighted by molar-refractivity contribution is -0.136. The number of amides is 2. The number of rotatable bonds is 4. The zero-order valence-electron chi connectivity index (χ0n) is 16.1. The summed E-state index contributed by atoms with van der Waals surface area (Å²) >= 11 is 0. The topological polar surface area (TPSA) is 61.9 Å². The number of fused-ring (bicyclic) bond motifs is 1. The van der Waals surface area contributed by atoms with E-state index in [0.29, 0.717) is 31.8 Å². The van der Waals surface area contributed by atoms with Gasteiger partial charge in [0.1, 0.15) is 0 Å². The van der Waals surface area contributed by atoms with Crippen LogP contribution in [0, 0.1) is 0 Å². The van der Waals surface area contributed by atoms with E-state index in [1.54, 1.807) is 0 Å². The van der Waals surface area contributed by atoms with Crippen LogP contribution in [0.4, 0.5) is 11.4 Å². The van der Waals surface area contributed by atoms with E-state index >= 15 is 0 Å². The molecule has 1 unspecified atom stereocenters. The Morgan fingerprint density at radius 1 is 1.11 bits per heavy atom. The molecule has 0 saturated carbocycles. The van der Waals surface area contributed by atoms with Gasteiger partial charge in [-0.05, 0) is 49.2 Å². The van der Waals surface area contributed by atoms with Gasteiger partial charge in [0, 0.05) is 36.6 Å². The molecule has 0 spiro atoms. The first-order chi connectivity index (χ1) is 13.6. The highest BCUT2D eigenvalue weighted by molar-refractivity contribution is 6.07. The lowest BCUT2D eigenvalue weighted by Gasteiger charge is -2.31. The van der Waals surface area contributed by atoms with Gasteiger partial charge in [-0.3, -0.25) is 9.59 Å². The number of ether oxygens (including phenoxy) is 1. The summed E-state index contributed by atoms with van der Waals surface area (Å²) in [5.74, 6) is 0.0684. The average molecular weight is 379 g/mol. The molecule has 2 aromatic carbocycles. The molecular weight excluding hydrogens is 354 g/mol. The van der Waals surface area contributed by atoms with Crippen LogP contribution in [0.1, 0.15) is 22.8 Å². The first-order valence-electron chi connectivity index (χ1n) is 9.75. The van der Waals surface area contributed by atoms with Gasteiger partial charge in [-0.2, -0.15) is 0 Å². The molecule has 2 amide bonds. The third-order valence-corrected chi connectivity index (χ3v) is 5.30. The van der Waals surface area contributed by atoms with Crippen molar-refractivity contribution in [1.82, 2.24) is 4.90 Å². The van der Waals surface area contributed by atoms with E-state index in [1.807, 2.05) is 59.2 Å². The summed E-state index contributed by atoms with van der Waals surface area (Å²) in [6.45, 7) is 4.77. The van der Waals surface area contributed by atoms with Crippen LogP contribution >= 0.6 is 0 Å². The molecule has 0 bridgehead atoms. The van der Waals surface area contributed by atoms with Crippen molar-refractivity contribution in [2.45, 2.75) is 19.4 Å². The van der Waals surface area contributed by atoms with E-state index in [4.69, 9.17) is 4.74 Å².